The molecule has 27 heavy (non-hydrogen) atoms. The minimum Gasteiger partial charge on any atom is -0.478 e. The van der Waals surface area contributed by atoms with E-state index in [-0.39, 0.29) is 11.1 Å². The van der Waals surface area contributed by atoms with Gasteiger partial charge in [-0.2, -0.15) is 0 Å². The first kappa shape index (κ1) is 16.5. The van der Waals surface area contributed by atoms with Gasteiger partial charge in [0.15, 0.2) is 0 Å². The van der Waals surface area contributed by atoms with E-state index in [1.807, 2.05) is 0 Å². The molecular formula is C20H12N2O5. The summed E-state index contributed by atoms with van der Waals surface area (Å²) in [5.74, 6) is -1.28. The van der Waals surface area contributed by atoms with E-state index in [1.165, 1.54) is 24.5 Å². The van der Waals surface area contributed by atoms with Crippen LogP contribution in [0.15, 0.2) is 60.9 Å². The van der Waals surface area contributed by atoms with Crippen LogP contribution in [0.5, 0.6) is 11.5 Å². The van der Waals surface area contributed by atoms with Crippen molar-refractivity contribution in [1.29, 1.82) is 0 Å². The predicted octanol–water partition coefficient (Wildman–Crippen LogP) is 3.97. The molecule has 0 unspecified atom stereocenters. The normalized spacial score (nSPS) is 10.8. The molecule has 0 amide bonds. The Balaban J connectivity index is 1.78. The highest BCUT2D eigenvalue weighted by Gasteiger charge is 2.12. The fourth-order valence-electron chi connectivity index (χ4n) is 2.89. The predicted molar refractivity (Wildman–Crippen MR) is 97.5 cm³/mol. The molecule has 0 spiro atoms. The summed E-state index contributed by atoms with van der Waals surface area (Å²) in [6.07, 6.45) is 2.88. The molecule has 2 N–H and O–H groups in total. The Kier molecular flexibility index (Phi) is 3.89. The first-order chi connectivity index (χ1) is 13.0. The largest absolute Gasteiger partial charge is 0.478 e. The van der Waals surface area contributed by atoms with Gasteiger partial charge < -0.3 is 14.9 Å². The number of nitrogens with zero attached hydrogens (tertiary/aromatic N) is 2. The first-order valence-electron chi connectivity index (χ1n) is 7.95. The van der Waals surface area contributed by atoms with Gasteiger partial charge in [-0.15, -0.1) is 0 Å². The lowest BCUT2D eigenvalue weighted by Gasteiger charge is -2.09. The molecule has 2 heterocycles. The van der Waals surface area contributed by atoms with Crippen molar-refractivity contribution in [2.24, 2.45) is 0 Å². The molecule has 0 saturated carbocycles. The van der Waals surface area contributed by atoms with E-state index in [1.54, 1.807) is 36.4 Å². The number of rotatable bonds is 4. The molecule has 0 aliphatic rings. The number of ether oxygens (including phenoxy) is 1. The van der Waals surface area contributed by atoms with E-state index in [4.69, 9.17) is 4.74 Å². The van der Waals surface area contributed by atoms with Gasteiger partial charge in [-0.3, -0.25) is 9.97 Å². The van der Waals surface area contributed by atoms with Gasteiger partial charge in [0.1, 0.15) is 11.5 Å². The lowest BCUT2D eigenvalue weighted by molar-refractivity contribution is 0.0688. The van der Waals surface area contributed by atoms with E-state index in [2.05, 4.69) is 9.97 Å². The Labute approximate surface area is 152 Å². The van der Waals surface area contributed by atoms with Crippen molar-refractivity contribution >= 4 is 33.7 Å². The van der Waals surface area contributed by atoms with Crippen LogP contribution < -0.4 is 4.74 Å². The zero-order chi connectivity index (χ0) is 19.0. The Morgan fingerprint density at radius 3 is 1.56 bits per heavy atom. The number of carbonyl (C=O) groups is 2. The minimum atomic E-state index is -1.05. The van der Waals surface area contributed by atoms with Crippen LogP contribution in [0.3, 0.4) is 0 Å². The third-order valence-electron chi connectivity index (χ3n) is 4.12. The maximum absolute atomic E-state index is 11.4. The van der Waals surface area contributed by atoms with Gasteiger partial charge >= 0.3 is 11.9 Å². The van der Waals surface area contributed by atoms with Gasteiger partial charge in [0.25, 0.3) is 0 Å². The van der Waals surface area contributed by atoms with Crippen LogP contribution in [0.2, 0.25) is 0 Å². The van der Waals surface area contributed by atoms with Crippen LogP contribution in [0.1, 0.15) is 20.7 Å². The summed E-state index contributed by atoms with van der Waals surface area (Å²) >= 11 is 0. The quantitative estimate of drug-likeness (QED) is 0.566. The number of aromatic carboxylic acids is 2. The summed E-state index contributed by atoms with van der Waals surface area (Å²) in [4.78, 5) is 31.1. The van der Waals surface area contributed by atoms with E-state index in [0.717, 1.165) is 0 Å². The number of fused-ring (bicyclic) bond motifs is 2. The number of hydrogen-bond donors (Lipinski definition) is 2. The lowest BCUT2D eigenvalue weighted by atomic mass is 10.1. The summed E-state index contributed by atoms with van der Waals surface area (Å²) < 4.78 is 5.82. The minimum absolute atomic E-state index is 0.126. The van der Waals surface area contributed by atoms with Crippen molar-refractivity contribution in [2.45, 2.75) is 0 Å². The molecule has 7 nitrogen and oxygen atoms in total. The standard InChI is InChI=1S/C20H12N2O5/c23-19(24)13-5-7-21-17-3-1-11(9-15(13)17)27-12-2-4-18-16(10-12)14(20(25)26)6-8-22-18/h1-10H,(H,23,24)(H,25,26). The Morgan fingerprint density at radius 1 is 0.704 bits per heavy atom. The molecule has 132 valence electrons. The number of hydrogen-bond acceptors (Lipinski definition) is 5. The average molecular weight is 360 g/mol. The van der Waals surface area contributed by atoms with Crippen molar-refractivity contribution in [3.8, 4) is 11.5 Å². The highest BCUT2D eigenvalue weighted by atomic mass is 16.5. The molecule has 4 rings (SSSR count). The number of aromatic nitrogens is 2. The van der Waals surface area contributed by atoms with Crippen molar-refractivity contribution in [3.63, 3.8) is 0 Å². The fourth-order valence-corrected chi connectivity index (χ4v) is 2.89. The second-order valence-corrected chi connectivity index (χ2v) is 5.79. The van der Waals surface area contributed by atoms with Crippen molar-refractivity contribution in [2.75, 3.05) is 0 Å². The third kappa shape index (κ3) is 3.02. The SMILES string of the molecule is O=C(O)c1ccnc2ccc(Oc3ccc4nccc(C(=O)O)c4c3)cc12. The maximum atomic E-state index is 11.4. The summed E-state index contributed by atoms with van der Waals surface area (Å²) in [6.45, 7) is 0. The van der Waals surface area contributed by atoms with Gasteiger partial charge in [0, 0.05) is 23.2 Å². The van der Waals surface area contributed by atoms with Crippen LogP contribution in [0.4, 0.5) is 0 Å². The van der Waals surface area contributed by atoms with Crippen molar-refractivity contribution < 1.29 is 24.5 Å². The van der Waals surface area contributed by atoms with Gasteiger partial charge in [-0.25, -0.2) is 9.59 Å². The van der Waals surface area contributed by atoms with Gasteiger partial charge in [-0.1, -0.05) is 0 Å². The average Bonchev–Trinajstić information content (AvgIpc) is 2.66. The van der Waals surface area contributed by atoms with Gasteiger partial charge in [0.05, 0.1) is 22.2 Å². The van der Waals surface area contributed by atoms with E-state index in [0.29, 0.717) is 33.3 Å². The molecule has 0 radical (unpaired) electrons. The Hall–Kier alpha value is -4.00. The second kappa shape index (κ2) is 6.38. The molecule has 4 aromatic rings. The number of carboxylic acid groups (broad SMARTS) is 2. The molecule has 0 fully saturated rings. The molecule has 0 saturated heterocycles. The molecule has 0 bridgehead atoms. The van der Waals surface area contributed by atoms with Crippen LogP contribution in [0.25, 0.3) is 21.8 Å². The van der Waals surface area contributed by atoms with E-state index in [9.17, 15) is 19.8 Å². The summed E-state index contributed by atoms with van der Waals surface area (Å²) in [5, 5.41) is 19.6. The Morgan fingerprint density at radius 2 is 1.15 bits per heavy atom. The zero-order valence-corrected chi connectivity index (χ0v) is 13.8. The molecular weight excluding hydrogens is 348 g/mol. The highest BCUT2D eigenvalue weighted by Crippen LogP contribution is 2.29. The molecule has 2 aromatic heterocycles. The smallest absolute Gasteiger partial charge is 0.336 e. The summed E-state index contributed by atoms with van der Waals surface area (Å²) in [6, 6.07) is 12.7. The monoisotopic (exact) mass is 360 g/mol. The van der Waals surface area contributed by atoms with Gasteiger partial charge in [0.2, 0.25) is 0 Å². The van der Waals surface area contributed by atoms with Crippen LogP contribution in [0, 0.1) is 0 Å². The highest BCUT2D eigenvalue weighted by molar-refractivity contribution is 6.03. The number of pyridine rings is 2. The Bertz CT molecular complexity index is 1120. The first-order valence-corrected chi connectivity index (χ1v) is 7.95. The molecule has 7 heteroatoms. The lowest BCUT2D eigenvalue weighted by Crippen LogP contribution is -1.99. The van der Waals surface area contributed by atoms with Crippen LogP contribution in [-0.2, 0) is 0 Å². The molecule has 0 atom stereocenters. The molecule has 2 aromatic carbocycles. The second-order valence-electron chi connectivity index (χ2n) is 5.79. The number of benzene rings is 2. The van der Waals surface area contributed by atoms with Crippen molar-refractivity contribution in [3.05, 3.63) is 72.1 Å². The number of carboxylic acids is 2. The maximum Gasteiger partial charge on any atom is 0.336 e. The molecule has 0 aliphatic heterocycles. The summed E-state index contributed by atoms with van der Waals surface area (Å²) in [7, 11) is 0. The van der Waals surface area contributed by atoms with E-state index < -0.39 is 11.9 Å². The fraction of sp³-hybridized carbons (Fsp3) is 0. The van der Waals surface area contributed by atoms with Gasteiger partial charge in [-0.05, 0) is 48.5 Å². The molecule has 0 aliphatic carbocycles. The van der Waals surface area contributed by atoms with Crippen molar-refractivity contribution in [1.82, 2.24) is 9.97 Å². The van der Waals surface area contributed by atoms with Crippen LogP contribution in [-0.4, -0.2) is 32.1 Å². The summed E-state index contributed by atoms with van der Waals surface area (Å²) in [5.41, 5.74) is 1.33. The third-order valence-corrected chi connectivity index (χ3v) is 4.12. The topological polar surface area (TPSA) is 110 Å². The zero-order valence-electron chi connectivity index (χ0n) is 13.8. The van der Waals surface area contributed by atoms with Crippen LogP contribution >= 0.6 is 0 Å². The van der Waals surface area contributed by atoms with E-state index >= 15 is 0 Å².